The number of hydrogen-bond acceptors (Lipinski definition) is 3. The van der Waals surface area contributed by atoms with Crippen molar-refractivity contribution < 1.29 is 0 Å². The maximum atomic E-state index is 3.59. The van der Waals surface area contributed by atoms with Gasteiger partial charge in [0, 0.05) is 24.4 Å². The van der Waals surface area contributed by atoms with Gasteiger partial charge in [-0.3, -0.25) is 0 Å². The Hall–Kier alpha value is 0.270. The second-order valence-corrected chi connectivity index (χ2v) is 7.56. The minimum atomic E-state index is 0.446. The van der Waals surface area contributed by atoms with Crippen LogP contribution in [-0.2, 0) is 0 Å². The molecule has 0 spiro atoms. The van der Waals surface area contributed by atoms with E-state index in [1.807, 2.05) is 11.8 Å². The molecule has 0 aromatic heterocycles. The van der Waals surface area contributed by atoms with E-state index in [9.17, 15) is 0 Å². The second kappa shape index (κ2) is 7.16. The van der Waals surface area contributed by atoms with Gasteiger partial charge >= 0.3 is 0 Å². The van der Waals surface area contributed by atoms with Crippen molar-refractivity contribution in [3.8, 4) is 0 Å². The highest BCUT2D eigenvalue weighted by atomic mass is 32.2. The van der Waals surface area contributed by atoms with E-state index in [0.717, 1.165) is 5.92 Å². The number of hydrogen-bond donors (Lipinski definition) is 1. The average Bonchev–Trinajstić information content (AvgIpc) is 2.28. The number of rotatable bonds is 6. The van der Waals surface area contributed by atoms with Gasteiger partial charge in [0.15, 0.2) is 0 Å². The summed E-state index contributed by atoms with van der Waals surface area (Å²) >= 11 is 1.95. The zero-order chi connectivity index (χ0) is 13.8. The molecule has 18 heavy (non-hydrogen) atoms. The van der Waals surface area contributed by atoms with Crippen LogP contribution in [0.25, 0.3) is 0 Å². The molecule has 1 aliphatic carbocycles. The van der Waals surface area contributed by atoms with Crippen LogP contribution in [-0.4, -0.2) is 49.6 Å². The smallest absolute Gasteiger partial charge is 0.0156 e. The molecule has 1 fully saturated rings. The normalized spacial score (nSPS) is 29.5. The fourth-order valence-electron chi connectivity index (χ4n) is 3.52. The molecule has 1 aliphatic rings. The van der Waals surface area contributed by atoms with Crippen LogP contribution in [0.3, 0.4) is 0 Å². The highest BCUT2D eigenvalue weighted by molar-refractivity contribution is 7.98. The zero-order valence-electron chi connectivity index (χ0n) is 13.1. The van der Waals surface area contributed by atoms with Crippen molar-refractivity contribution in [3.63, 3.8) is 0 Å². The first kappa shape index (κ1) is 16.3. The number of thioether (sulfide) groups is 1. The van der Waals surface area contributed by atoms with Crippen LogP contribution >= 0.6 is 11.8 Å². The molecule has 3 unspecified atom stereocenters. The molecule has 0 aromatic rings. The van der Waals surface area contributed by atoms with E-state index < -0.39 is 0 Å². The first-order valence-corrected chi connectivity index (χ1v) is 8.68. The van der Waals surface area contributed by atoms with E-state index >= 15 is 0 Å². The van der Waals surface area contributed by atoms with E-state index in [0.29, 0.717) is 17.5 Å². The fraction of sp³-hybridized carbons (Fsp3) is 1.00. The Balaban J connectivity index is 2.58. The Bertz CT molecular complexity index is 243. The quantitative estimate of drug-likeness (QED) is 0.800. The monoisotopic (exact) mass is 272 g/mol. The van der Waals surface area contributed by atoms with Gasteiger partial charge in [0.1, 0.15) is 0 Å². The molecule has 1 rings (SSSR count). The van der Waals surface area contributed by atoms with Crippen molar-refractivity contribution in [1.82, 2.24) is 10.2 Å². The van der Waals surface area contributed by atoms with E-state index in [1.54, 1.807) is 0 Å². The fourth-order valence-corrected chi connectivity index (χ4v) is 4.26. The highest BCUT2D eigenvalue weighted by Crippen LogP contribution is 2.39. The minimum absolute atomic E-state index is 0.446. The lowest BCUT2D eigenvalue weighted by atomic mass is 9.68. The SMILES string of the molecule is CNC1C(CN(C)C(C)CSC)CCCC1(C)C. The molecule has 0 saturated heterocycles. The molecule has 108 valence electrons. The van der Waals surface area contributed by atoms with Crippen LogP contribution in [0.2, 0.25) is 0 Å². The third-order valence-corrected chi connectivity index (χ3v) is 5.52. The largest absolute Gasteiger partial charge is 0.316 e. The number of nitrogens with zero attached hydrogens (tertiary/aromatic N) is 1. The average molecular weight is 273 g/mol. The van der Waals surface area contributed by atoms with Crippen molar-refractivity contribution in [2.24, 2.45) is 11.3 Å². The van der Waals surface area contributed by atoms with Gasteiger partial charge in [-0.1, -0.05) is 20.3 Å². The summed E-state index contributed by atoms with van der Waals surface area (Å²) in [6, 6.07) is 1.35. The molecule has 0 aromatic carbocycles. The van der Waals surface area contributed by atoms with Gasteiger partial charge in [-0.05, 0) is 51.4 Å². The predicted molar refractivity (Wildman–Crippen MR) is 84.4 cm³/mol. The molecule has 1 saturated carbocycles. The maximum absolute atomic E-state index is 3.59. The van der Waals surface area contributed by atoms with Crippen molar-refractivity contribution in [3.05, 3.63) is 0 Å². The third kappa shape index (κ3) is 4.14. The molecule has 0 heterocycles. The zero-order valence-corrected chi connectivity index (χ0v) is 13.9. The highest BCUT2D eigenvalue weighted by Gasteiger charge is 2.38. The second-order valence-electron chi connectivity index (χ2n) is 6.65. The summed E-state index contributed by atoms with van der Waals surface area (Å²) < 4.78 is 0. The lowest BCUT2D eigenvalue weighted by Gasteiger charge is -2.45. The van der Waals surface area contributed by atoms with Crippen molar-refractivity contribution in [2.45, 2.75) is 52.1 Å². The molecule has 2 nitrogen and oxygen atoms in total. The van der Waals surface area contributed by atoms with Crippen LogP contribution in [0.15, 0.2) is 0 Å². The van der Waals surface area contributed by atoms with Crippen molar-refractivity contribution in [1.29, 1.82) is 0 Å². The Kier molecular flexibility index (Phi) is 6.49. The Morgan fingerprint density at radius 2 is 2.11 bits per heavy atom. The molecule has 0 aliphatic heterocycles. The summed E-state index contributed by atoms with van der Waals surface area (Å²) in [6.07, 6.45) is 6.33. The molecule has 1 N–H and O–H groups in total. The first-order chi connectivity index (χ1) is 8.42. The van der Waals surface area contributed by atoms with Gasteiger partial charge in [-0.2, -0.15) is 11.8 Å². The van der Waals surface area contributed by atoms with Crippen molar-refractivity contribution in [2.75, 3.05) is 32.6 Å². The van der Waals surface area contributed by atoms with Gasteiger partial charge in [0.05, 0.1) is 0 Å². The Morgan fingerprint density at radius 3 is 2.67 bits per heavy atom. The van der Waals surface area contributed by atoms with Crippen LogP contribution in [0, 0.1) is 11.3 Å². The number of nitrogens with one attached hydrogen (secondary N) is 1. The van der Waals surface area contributed by atoms with Crippen LogP contribution < -0.4 is 5.32 Å². The maximum Gasteiger partial charge on any atom is 0.0156 e. The van der Waals surface area contributed by atoms with Gasteiger partial charge in [-0.15, -0.1) is 0 Å². The third-order valence-electron chi connectivity index (χ3n) is 4.70. The van der Waals surface area contributed by atoms with Gasteiger partial charge in [0.2, 0.25) is 0 Å². The first-order valence-electron chi connectivity index (χ1n) is 7.28. The Labute approximate surface area is 118 Å². The van der Waals surface area contributed by atoms with Gasteiger partial charge in [-0.25, -0.2) is 0 Å². The van der Waals surface area contributed by atoms with E-state index in [-0.39, 0.29) is 0 Å². The lowest BCUT2D eigenvalue weighted by molar-refractivity contribution is 0.0836. The molecule has 0 bridgehead atoms. The molecular weight excluding hydrogens is 240 g/mol. The van der Waals surface area contributed by atoms with Crippen LogP contribution in [0.1, 0.15) is 40.0 Å². The minimum Gasteiger partial charge on any atom is -0.316 e. The predicted octanol–water partition coefficient (Wildman–Crippen LogP) is 3.08. The standard InChI is InChI=1S/C15H32N2S/c1-12(11-18-6)17(5)10-13-8-7-9-15(2,3)14(13)16-4/h12-14,16H,7-11H2,1-6H3. The molecule has 0 amide bonds. The van der Waals surface area contributed by atoms with Gasteiger partial charge in [0.25, 0.3) is 0 Å². The van der Waals surface area contributed by atoms with Crippen LogP contribution in [0.4, 0.5) is 0 Å². The molecule has 0 radical (unpaired) electrons. The summed E-state index contributed by atoms with van der Waals surface area (Å²) in [5.74, 6) is 2.03. The lowest BCUT2D eigenvalue weighted by Crippen LogP contribution is -2.52. The Morgan fingerprint density at radius 1 is 1.44 bits per heavy atom. The summed E-state index contributed by atoms with van der Waals surface area (Å²) in [7, 11) is 4.42. The topological polar surface area (TPSA) is 15.3 Å². The summed E-state index contributed by atoms with van der Waals surface area (Å²) in [5.41, 5.74) is 0.446. The summed E-state index contributed by atoms with van der Waals surface area (Å²) in [5, 5.41) is 3.59. The summed E-state index contributed by atoms with van der Waals surface area (Å²) in [6.45, 7) is 8.42. The molecule has 3 heteroatoms. The van der Waals surface area contributed by atoms with E-state index in [4.69, 9.17) is 0 Å². The van der Waals surface area contributed by atoms with E-state index in [1.165, 1.54) is 31.6 Å². The van der Waals surface area contributed by atoms with Crippen molar-refractivity contribution >= 4 is 11.8 Å². The van der Waals surface area contributed by atoms with E-state index in [2.05, 4.69) is 51.3 Å². The molecule has 3 atom stereocenters. The van der Waals surface area contributed by atoms with Crippen LogP contribution in [0.5, 0.6) is 0 Å². The van der Waals surface area contributed by atoms with Gasteiger partial charge < -0.3 is 10.2 Å². The summed E-state index contributed by atoms with van der Waals surface area (Å²) in [4.78, 5) is 2.55. The molecular formula is C15H32N2S.